The van der Waals surface area contributed by atoms with Crippen molar-refractivity contribution in [3.8, 4) is 0 Å². The van der Waals surface area contributed by atoms with Gasteiger partial charge in [0.05, 0.1) is 12.0 Å². The first kappa shape index (κ1) is 14.0. The molecule has 0 aliphatic carbocycles. The third kappa shape index (κ3) is 2.02. The summed E-state index contributed by atoms with van der Waals surface area (Å²) < 4.78 is 5.47. The maximum Gasteiger partial charge on any atom is 0.262 e. The molecule has 0 unspecified atom stereocenters. The Labute approximate surface area is 118 Å². The van der Waals surface area contributed by atoms with E-state index >= 15 is 0 Å². The zero-order valence-electron chi connectivity index (χ0n) is 11.2. The first-order chi connectivity index (χ1) is 9.93. The number of anilines is 1. The van der Waals surface area contributed by atoms with Crippen LogP contribution in [-0.4, -0.2) is 55.2 Å². The van der Waals surface area contributed by atoms with Crippen LogP contribution in [0.3, 0.4) is 0 Å². The Morgan fingerprint density at radius 3 is 2.67 bits per heavy atom. The Balaban J connectivity index is 2.17. The number of aromatic amines is 2. The first-order valence-electron chi connectivity index (χ1n) is 6.44. The molecule has 7 N–H and O–H groups in total. The van der Waals surface area contributed by atoms with Crippen LogP contribution in [0.2, 0.25) is 0 Å². The van der Waals surface area contributed by atoms with E-state index in [0.717, 1.165) is 0 Å². The molecule has 3 rings (SSSR count). The van der Waals surface area contributed by atoms with Crippen LogP contribution >= 0.6 is 0 Å². The molecule has 3 heterocycles. The van der Waals surface area contributed by atoms with Crippen LogP contribution in [0.4, 0.5) is 5.95 Å². The van der Waals surface area contributed by atoms with Crippen molar-refractivity contribution >= 4 is 17.0 Å². The van der Waals surface area contributed by atoms with Gasteiger partial charge in [-0.2, -0.15) is 4.98 Å². The Hall–Kier alpha value is -1.94. The fraction of sp³-hybridized carbons (Fsp3) is 0.500. The summed E-state index contributed by atoms with van der Waals surface area (Å²) in [4.78, 5) is 21.4. The summed E-state index contributed by atoms with van der Waals surface area (Å²) in [6, 6.07) is 0. The monoisotopic (exact) mass is 296 g/mol. The Bertz CT molecular complexity index is 739. The third-order valence-corrected chi connectivity index (χ3v) is 3.74. The van der Waals surface area contributed by atoms with Gasteiger partial charge in [-0.3, -0.25) is 9.78 Å². The van der Waals surface area contributed by atoms with E-state index in [-0.39, 0.29) is 17.0 Å². The van der Waals surface area contributed by atoms with Crippen molar-refractivity contribution in [3.63, 3.8) is 0 Å². The molecule has 0 radical (unpaired) electrons. The van der Waals surface area contributed by atoms with Gasteiger partial charge >= 0.3 is 0 Å². The molecule has 2 aromatic rings. The molecule has 1 aliphatic rings. The molecular weight excluding hydrogens is 280 g/mol. The number of hydrogen-bond donors (Lipinski definition) is 6. The highest BCUT2D eigenvalue weighted by molar-refractivity contribution is 5.81. The molecule has 0 saturated carbocycles. The molecule has 0 amide bonds. The van der Waals surface area contributed by atoms with Gasteiger partial charge in [0, 0.05) is 11.3 Å². The van der Waals surface area contributed by atoms with Gasteiger partial charge in [-0.1, -0.05) is 0 Å². The van der Waals surface area contributed by atoms with E-state index in [1.165, 1.54) is 0 Å². The van der Waals surface area contributed by atoms with E-state index in [1.807, 2.05) is 0 Å². The highest BCUT2D eigenvalue weighted by atomic mass is 16.6. The number of fused-ring (bicyclic) bond motifs is 1. The summed E-state index contributed by atoms with van der Waals surface area (Å²) >= 11 is 0. The second-order valence-electron chi connectivity index (χ2n) is 5.10. The summed E-state index contributed by atoms with van der Waals surface area (Å²) in [6.07, 6.45) is -4.32. The van der Waals surface area contributed by atoms with Crippen LogP contribution in [0.25, 0.3) is 11.0 Å². The second-order valence-corrected chi connectivity index (χ2v) is 5.10. The quantitative estimate of drug-likeness (QED) is 0.385. The Morgan fingerprint density at radius 2 is 2.05 bits per heavy atom. The number of aromatic nitrogens is 3. The van der Waals surface area contributed by atoms with E-state index < -0.39 is 36.6 Å². The van der Waals surface area contributed by atoms with Crippen molar-refractivity contribution in [2.45, 2.75) is 31.3 Å². The first-order valence-corrected chi connectivity index (χ1v) is 6.44. The maximum absolute atomic E-state index is 12.1. The van der Waals surface area contributed by atoms with E-state index in [0.29, 0.717) is 11.3 Å². The van der Waals surface area contributed by atoms with Crippen LogP contribution in [0.1, 0.15) is 17.4 Å². The van der Waals surface area contributed by atoms with Crippen LogP contribution in [0.5, 0.6) is 0 Å². The number of nitrogens with zero attached hydrogens (tertiary/aromatic N) is 1. The number of rotatable bonds is 2. The van der Waals surface area contributed by atoms with Gasteiger partial charge in [-0.05, 0) is 6.92 Å². The highest BCUT2D eigenvalue weighted by Crippen LogP contribution is 2.37. The van der Waals surface area contributed by atoms with E-state index in [2.05, 4.69) is 15.0 Å². The molecule has 1 fully saturated rings. The lowest BCUT2D eigenvalue weighted by Crippen LogP contribution is -2.32. The van der Waals surface area contributed by atoms with Crippen molar-refractivity contribution < 1.29 is 20.1 Å². The van der Waals surface area contributed by atoms with Gasteiger partial charge in [0.1, 0.15) is 30.1 Å². The molecule has 2 aromatic heterocycles. The summed E-state index contributed by atoms with van der Waals surface area (Å²) in [6.45, 7) is 1.26. The number of aliphatic hydroxyl groups excluding tert-OH is 3. The van der Waals surface area contributed by atoms with Crippen LogP contribution < -0.4 is 11.3 Å². The van der Waals surface area contributed by atoms with Crippen LogP contribution in [0, 0.1) is 6.92 Å². The van der Waals surface area contributed by atoms with Gasteiger partial charge in [0.25, 0.3) is 5.56 Å². The molecule has 4 atom stereocenters. The van der Waals surface area contributed by atoms with Crippen molar-refractivity contribution in [3.05, 3.63) is 21.6 Å². The number of aliphatic hydroxyl groups is 3. The molecule has 9 nitrogen and oxygen atoms in total. The fourth-order valence-corrected chi connectivity index (χ4v) is 2.76. The van der Waals surface area contributed by atoms with Crippen molar-refractivity contribution in [2.75, 3.05) is 12.3 Å². The largest absolute Gasteiger partial charge is 0.394 e. The van der Waals surface area contributed by atoms with Gasteiger partial charge in [-0.15, -0.1) is 0 Å². The zero-order chi connectivity index (χ0) is 15.3. The van der Waals surface area contributed by atoms with E-state index in [9.17, 15) is 15.0 Å². The standard InChI is InChI=1S/C12H16N4O5/c1-3-5(9-8(19)7(18)4(2-17)21-9)6-10(14-3)15-12(13)16-11(6)20/h4,7-9,17-19H,2H2,1H3,(H4,13,14,15,16,20)/t4-,7-,8-,9+/m1/s1. The lowest BCUT2D eigenvalue weighted by molar-refractivity contribution is -0.0225. The average Bonchev–Trinajstić information content (AvgIpc) is 2.88. The van der Waals surface area contributed by atoms with Crippen LogP contribution in [-0.2, 0) is 4.74 Å². The minimum Gasteiger partial charge on any atom is -0.394 e. The SMILES string of the molecule is Cc1[nH]c2nc(N)[nH]c(=O)c2c1[C@@H]1O[C@H](CO)[C@@H](O)[C@H]1O. The van der Waals surface area contributed by atoms with Gasteiger partial charge in [-0.25, -0.2) is 0 Å². The van der Waals surface area contributed by atoms with Crippen molar-refractivity contribution in [1.29, 1.82) is 0 Å². The predicted molar refractivity (Wildman–Crippen MR) is 72.6 cm³/mol. The topological polar surface area (TPSA) is 157 Å². The van der Waals surface area contributed by atoms with Gasteiger partial charge < -0.3 is 30.8 Å². The normalized spacial score (nSPS) is 29.3. The molecule has 0 spiro atoms. The Kier molecular flexibility index (Phi) is 3.21. The van der Waals surface area contributed by atoms with Crippen molar-refractivity contribution in [1.82, 2.24) is 15.0 Å². The number of aryl methyl sites for hydroxylation is 1. The molecule has 114 valence electrons. The molecule has 9 heteroatoms. The summed E-state index contributed by atoms with van der Waals surface area (Å²) in [7, 11) is 0. The van der Waals surface area contributed by atoms with Crippen molar-refractivity contribution in [2.24, 2.45) is 0 Å². The molecule has 21 heavy (non-hydrogen) atoms. The number of nitrogen functional groups attached to an aromatic ring is 1. The lowest BCUT2D eigenvalue weighted by Gasteiger charge is -2.14. The number of nitrogens with two attached hydrogens (primary N) is 1. The van der Waals surface area contributed by atoms with Gasteiger partial charge in [0.15, 0.2) is 0 Å². The molecule has 0 bridgehead atoms. The van der Waals surface area contributed by atoms with Crippen LogP contribution in [0.15, 0.2) is 4.79 Å². The molecule has 1 saturated heterocycles. The molecule has 0 aromatic carbocycles. The second kappa shape index (κ2) is 4.81. The highest BCUT2D eigenvalue weighted by Gasteiger charge is 2.44. The van der Waals surface area contributed by atoms with E-state index in [4.69, 9.17) is 15.6 Å². The van der Waals surface area contributed by atoms with Gasteiger partial charge in [0.2, 0.25) is 5.95 Å². The number of H-pyrrole nitrogens is 2. The smallest absolute Gasteiger partial charge is 0.262 e. The number of ether oxygens (including phenoxy) is 1. The summed E-state index contributed by atoms with van der Waals surface area (Å²) in [5.41, 5.74) is 6.28. The average molecular weight is 296 g/mol. The fourth-order valence-electron chi connectivity index (χ4n) is 2.76. The maximum atomic E-state index is 12.1. The minimum absolute atomic E-state index is 0.0264. The number of hydrogen-bond acceptors (Lipinski definition) is 7. The number of nitrogens with one attached hydrogen (secondary N) is 2. The van der Waals surface area contributed by atoms with E-state index in [1.54, 1.807) is 6.92 Å². The minimum atomic E-state index is -1.25. The summed E-state index contributed by atoms with van der Waals surface area (Å²) in [5, 5.41) is 29.3. The predicted octanol–water partition coefficient (Wildman–Crippen LogP) is -1.70. The molecule has 1 aliphatic heterocycles. The zero-order valence-corrected chi connectivity index (χ0v) is 11.2. The molecular formula is C12H16N4O5. The lowest BCUT2D eigenvalue weighted by atomic mass is 10.00. The summed E-state index contributed by atoms with van der Waals surface area (Å²) in [5.74, 6) is -0.0264. The Morgan fingerprint density at radius 1 is 1.33 bits per heavy atom. The third-order valence-electron chi connectivity index (χ3n) is 3.74.